The Balaban J connectivity index is 2.53. The first-order valence-electron chi connectivity index (χ1n) is 6.07. The molecule has 1 amide bonds. The second-order valence-electron chi connectivity index (χ2n) is 4.93. The standard InChI is InChI=1S/C13H21N3O/c1-9(2)11(10(3)4)8-16-13(17)12-14-6-5-7-15-12/h5-7,9-11H,8H2,1-4H3,(H,16,17). The zero-order valence-corrected chi connectivity index (χ0v) is 11.0. The highest BCUT2D eigenvalue weighted by Crippen LogP contribution is 2.19. The Morgan fingerprint density at radius 1 is 1.18 bits per heavy atom. The van der Waals surface area contributed by atoms with Crippen LogP contribution >= 0.6 is 0 Å². The molecule has 0 aliphatic carbocycles. The third-order valence-electron chi connectivity index (χ3n) is 2.98. The normalized spacial score (nSPS) is 11.2. The highest BCUT2D eigenvalue weighted by molar-refractivity contribution is 5.90. The fourth-order valence-electron chi connectivity index (χ4n) is 1.95. The molecule has 1 rings (SSSR count). The molecule has 0 atom stereocenters. The first-order chi connectivity index (χ1) is 8.02. The minimum absolute atomic E-state index is 0.197. The number of hydrogen-bond donors (Lipinski definition) is 1. The number of amides is 1. The Labute approximate surface area is 103 Å². The van der Waals surface area contributed by atoms with E-state index in [0.29, 0.717) is 24.3 Å². The average molecular weight is 235 g/mol. The lowest BCUT2D eigenvalue weighted by Gasteiger charge is -2.24. The summed E-state index contributed by atoms with van der Waals surface area (Å²) in [5, 5.41) is 2.90. The summed E-state index contributed by atoms with van der Waals surface area (Å²) in [5.41, 5.74) is 0. The fourth-order valence-corrected chi connectivity index (χ4v) is 1.95. The van der Waals surface area contributed by atoms with Crippen molar-refractivity contribution < 1.29 is 4.79 Å². The van der Waals surface area contributed by atoms with Crippen LogP contribution in [0.3, 0.4) is 0 Å². The zero-order chi connectivity index (χ0) is 12.8. The van der Waals surface area contributed by atoms with E-state index in [0.717, 1.165) is 0 Å². The first-order valence-corrected chi connectivity index (χ1v) is 6.07. The predicted molar refractivity (Wildman–Crippen MR) is 67.5 cm³/mol. The third-order valence-corrected chi connectivity index (χ3v) is 2.98. The molecule has 0 spiro atoms. The molecule has 0 saturated heterocycles. The van der Waals surface area contributed by atoms with Gasteiger partial charge in [-0.25, -0.2) is 9.97 Å². The number of aromatic nitrogens is 2. The molecule has 0 bridgehead atoms. The van der Waals surface area contributed by atoms with Crippen LogP contribution in [-0.4, -0.2) is 22.4 Å². The molecule has 4 nitrogen and oxygen atoms in total. The van der Waals surface area contributed by atoms with Crippen LogP contribution in [0.1, 0.15) is 38.3 Å². The molecule has 0 fully saturated rings. The number of hydrogen-bond acceptors (Lipinski definition) is 3. The molecule has 0 radical (unpaired) electrons. The van der Waals surface area contributed by atoms with Gasteiger partial charge >= 0.3 is 0 Å². The van der Waals surface area contributed by atoms with Crippen molar-refractivity contribution in [2.24, 2.45) is 17.8 Å². The van der Waals surface area contributed by atoms with Crippen LogP contribution in [0.2, 0.25) is 0 Å². The van der Waals surface area contributed by atoms with Crippen molar-refractivity contribution in [1.82, 2.24) is 15.3 Å². The van der Waals surface area contributed by atoms with Crippen molar-refractivity contribution >= 4 is 5.91 Å². The summed E-state index contributed by atoms with van der Waals surface area (Å²) >= 11 is 0. The summed E-state index contributed by atoms with van der Waals surface area (Å²) in [7, 11) is 0. The van der Waals surface area contributed by atoms with Gasteiger partial charge in [0.15, 0.2) is 0 Å². The Kier molecular flexibility index (Phi) is 5.07. The predicted octanol–water partition coefficient (Wildman–Crippen LogP) is 2.13. The van der Waals surface area contributed by atoms with Crippen LogP contribution in [0.15, 0.2) is 18.5 Å². The number of rotatable bonds is 5. The second-order valence-corrected chi connectivity index (χ2v) is 4.93. The van der Waals surface area contributed by atoms with Gasteiger partial charge in [-0.3, -0.25) is 4.79 Å². The minimum atomic E-state index is -0.197. The van der Waals surface area contributed by atoms with Crippen LogP contribution in [-0.2, 0) is 0 Å². The number of nitrogens with one attached hydrogen (secondary N) is 1. The van der Waals surface area contributed by atoms with Crippen LogP contribution < -0.4 is 5.32 Å². The summed E-state index contributed by atoms with van der Waals surface area (Å²) in [4.78, 5) is 19.6. The quantitative estimate of drug-likeness (QED) is 0.850. The van der Waals surface area contributed by atoms with Gasteiger partial charge in [0, 0.05) is 18.9 Å². The van der Waals surface area contributed by atoms with E-state index in [9.17, 15) is 4.79 Å². The molecule has 17 heavy (non-hydrogen) atoms. The Bertz CT molecular complexity index is 341. The summed E-state index contributed by atoms with van der Waals surface area (Å²) in [6, 6.07) is 1.70. The van der Waals surface area contributed by atoms with Gasteiger partial charge in [0.2, 0.25) is 5.82 Å². The van der Waals surface area contributed by atoms with Crippen molar-refractivity contribution in [3.05, 3.63) is 24.3 Å². The lowest BCUT2D eigenvalue weighted by atomic mass is 9.85. The van der Waals surface area contributed by atoms with E-state index in [1.807, 2.05) is 0 Å². The molecule has 94 valence electrons. The maximum atomic E-state index is 11.8. The van der Waals surface area contributed by atoms with Gasteiger partial charge in [0.05, 0.1) is 0 Å². The molecular weight excluding hydrogens is 214 g/mol. The third kappa shape index (κ3) is 4.13. The summed E-state index contributed by atoms with van der Waals surface area (Å²) in [6.07, 6.45) is 3.15. The van der Waals surface area contributed by atoms with E-state index in [-0.39, 0.29) is 11.7 Å². The van der Waals surface area contributed by atoms with Gasteiger partial charge in [-0.1, -0.05) is 27.7 Å². The van der Waals surface area contributed by atoms with Crippen LogP contribution in [0.4, 0.5) is 0 Å². The molecule has 0 unspecified atom stereocenters. The maximum absolute atomic E-state index is 11.8. The van der Waals surface area contributed by atoms with Crippen molar-refractivity contribution in [3.63, 3.8) is 0 Å². The topological polar surface area (TPSA) is 54.9 Å². The van der Waals surface area contributed by atoms with Gasteiger partial charge in [0.1, 0.15) is 0 Å². The van der Waals surface area contributed by atoms with Crippen molar-refractivity contribution in [2.45, 2.75) is 27.7 Å². The molecule has 0 aliphatic rings. The van der Waals surface area contributed by atoms with Crippen molar-refractivity contribution in [1.29, 1.82) is 0 Å². The Morgan fingerprint density at radius 3 is 2.18 bits per heavy atom. The molecular formula is C13H21N3O. The van der Waals surface area contributed by atoms with Crippen LogP contribution in [0.5, 0.6) is 0 Å². The first kappa shape index (κ1) is 13.6. The van der Waals surface area contributed by atoms with Gasteiger partial charge in [-0.2, -0.15) is 0 Å². The molecule has 1 heterocycles. The van der Waals surface area contributed by atoms with Gasteiger partial charge in [-0.15, -0.1) is 0 Å². The van der Waals surface area contributed by atoms with Crippen molar-refractivity contribution in [2.75, 3.05) is 6.54 Å². The summed E-state index contributed by atoms with van der Waals surface area (Å²) in [5.74, 6) is 1.61. The molecule has 4 heteroatoms. The monoisotopic (exact) mass is 235 g/mol. The highest BCUT2D eigenvalue weighted by Gasteiger charge is 2.19. The largest absolute Gasteiger partial charge is 0.349 e. The molecule has 0 saturated carbocycles. The van der Waals surface area contributed by atoms with E-state index in [1.54, 1.807) is 18.5 Å². The SMILES string of the molecule is CC(C)C(CNC(=O)c1ncccn1)C(C)C. The summed E-state index contributed by atoms with van der Waals surface area (Å²) < 4.78 is 0. The van der Waals surface area contributed by atoms with Crippen LogP contribution in [0.25, 0.3) is 0 Å². The summed E-state index contributed by atoms with van der Waals surface area (Å²) in [6.45, 7) is 9.38. The lowest BCUT2D eigenvalue weighted by Crippen LogP contribution is -2.34. The van der Waals surface area contributed by atoms with E-state index in [2.05, 4.69) is 43.0 Å². The van der Waals surface area contributed by atoms with E-state index in [1.165, 1.54) is 0 Å². The van der Waals surface area contributed by atoms with E-state index >= 15 is 0 Å². The second kappa shape index (κ2) is 6.33. The average Bonchev–Trinajstić information content (AvgIpc) is 2.29. The van der Waals surface area contributed by atoms with Crippen LogP contribution in [0, 0.1) is 17.8 Å². The smallest absolute Gasteiger partial charge is 0.289 e. The molecule has 1 N–H and O–H groups in total. The van der Waals surface area contributed by atoms with Gasteiger partial charge in [-0.05, 0) is 23.8 Å². The lowest BCUT2D eigenvalue weighted by molar-refractivity contribution is 0.0926. The fraction of sp³-hybridized carbons (Fsp3) is 0.615. The Morgan fingerprint density at radius 2 is 1.71 bits per heavy atom. The molecule has 0 aliphatic heterocycles. The van der Waals surface area contributed by atoms with Gasteiger partial charge < -0.3 is 5.32 Å². The van der Waals surface area contributed by atoms with E-state index in [4.69, 9.17) is 0 Å². The van der Waals surface area contributed by atoms with Crippen molar-refractivity contribution in [3.8, 4) is 0 Å². The highest BCUT2D eigenvalue weighted by atomic mass is 16.2. The zero-order valence-electron chi connectivity index (χ0n) is 11.0. The Hall–Kier alpha value is -1.45. The number of carbonyl (C=O) groups is 1. The molecule has 1 aromatic rings. The molecule has 1 aromatic heterocycles. The maximum Gasteiger partial charge on any atom is 0.289 e. The van der Waals surface area contributed by atoms with Gasteiger partial charge in [0.25, 0.3) is 5.91 Å². The minimum Gasteiger partial charge on any atom is -0.349 e. The number of nitrogens with zero attached hydrogens (tertiary/aromatic N) is 2. The van der Waals surface area contributed by atoms with E-state index < -0.39 is 0 Å². The number of carbonyl (C=O) groups excluding carboxylic acids is 1. The molecule has 0 aromatic carbocycles.